The normalized spacial score (nSPS) is 9.53. The standard InChI is InChI=1S/C16H16O.C2H6/c1-11-8-9-13(3)15(10-11)16(17)14-7-5-4-6-12(14)2;1-2/h4-10H,1-3H3;1-2H3. The van der Waals surface area contributed by atoms with E-state index in [9.17, 15) is 4.79 Å². The minimum absolute atomic E-state index is 0.115. The SMILES string of the molecule is CC.Cc1ccc(C)c(C(=O)c2ccccc2C)c1. The van der Waals surface area contributed by atoms with E-state index in [0.717, 1.165) is 27.8 Å². The smallest absolute Gasteiger partial charge is 0.193 e. The van der Waals surface area contributed by atoms with Crippen LogP contribution < -0.4 is 0 Å². The fraction of sp³-hybridized carbons (Fsp3) is 0.278. The molecule has 100 valence electrons. The number of ketones is 1. The monoisotopic (exact) mass is 254 g/mol. The molecule has 0 heterocycles. The van der Waals surface area contributed by atoms with Gasteiger partial charge < -0.3 is 0 Å². The Balaban J connectivity index is 0.000000861. The minimum atomic E-state index is 0.115. The Kier molecular flexibility index (Phi) is 5.50. The molecule has 19 heavy (non-hydrogen) atoms. The van der Waals surface area contributed by atoms with Gasteiger partial charge in [-0.05, 0) is 38.0 Å². The van der Waals surface area contributed by atoms with Crippen LogP contribution in [0.1, 0.15) is 46.5 Å². The van der Waals surface area contributed by atoms with Crippen LogP contribution in [0.4, 0.5) is 0 Å². The Hall–Kier alpha value is -1.89. The Labute approximate surface area is 116 Å². The third-order valence-corrected chi connectivity index (χ3v) is 3.03. The Morgan fingerprint density at radius 1 is 0.789 bits per heavy atom. The highest BCUT2D eigenvalue weighted by Gasteiger charge is 2.13. The van der Waals surface area contributed by atoms with Crippen LogP contribution in [-0.2, 0) is 0 Å². The number of carbonyl (C=O) groups is 1. The molecule has 0 saturated carbocycles. The molecular formula is C18H22O. The molecule has 0 aliphatic heterocycles. The second kappa shape index (κ2) is 6.89. The molecule has 0 N–H and O–H groups in total. The van der Waals surface area contributed by atoms with Crippen molar-refractivity contribution >= 4 is 5.78 Å². The average molecular weight is 254 g/mol. The molecule has 2 rings (SSSR count). The Morgan fingerprint density at radius 2 is 1.37 bits per heavy atom. The lowest BCUT2D eigenvalue weighted by molar-refractivity contribution is 0.103. The molecule has 0 saturated heterocycles. The van der Waals surface area contributed by atoms with E-state index in [2.05, 4.69) is 0 Å². The van der Waals surface area contributed by atoms with Gasteiger partial charge in [0.05, 0.1) is 0 Å². The van der Waals surface area contributed by atoms with Crippen molar-refractivity contribution in [1.82, 2.24) is 0 Å². The van der Waals surface area contributed by atoms with Crippen molar-refractivity contribution in [3.63, 3.8) is 0 Å². The molecule has 0 bridgehead atoms. The van der Waals surface area contributed by atoms with Crippen LogP contribution in [0.25, 0.3) is 0 Å². The van der Waals surface area contributed by atoms with E-state index in [1.165, 1.54) is 0 Å². The van der Waals surface area contributed by atoms with Gasteiger partial charge in [0.15, 0.2) is 5.78 Å². The van der Waals surface area contributed by atoms with Gasteiger partial charge in [0, 0.05) is 11.1 Å². The van der Waals surface area contributed by atoms with Crippen molar-refractivity contribution in [2.24, 2.45) is 0 Å². The highest BCUT2D eigenvalue weighted by molar-refractivity contribution is 6.10. The zero-order valence-corrected chi connectivity index (χ0v) is 12.4. The van der Waals surface area contributed by atoms with E-state index in [1.54, 1.807) is 0 Å². The summed E-state index contributed by atoms with van der Waals surface area (Å²) in [4.78, 5) is 12.4. The number of rotatable bonds is 2. The molecule has 0 aliphatic rings. The topological polar surface area (TPSA) is 17.1 Å². The summed E-state index contributed by atoms with van der Waals surface area (Å²) in [5, 5.41) is 0. The van der Waals surface area contributed by atoms with E-state index >= 15 is 0 Å². The number of benzene rings is 2. The summed E-state index contributed by atoms with van der Waals surface area (Å²) >= 11 is 0. The van der Waals surface area contributed by atoms with Gasteiger partial charge in [0.25, 0.3) is 0 Å². The minimum Gasteiger partial charge on any atom is -0.289 e. The first-order valence-electron chi connectivity index (χ1n) is 6.77. The van der Waals surface area contributed by atoms with Gasteiger partial charge in [-0.3, -0.25) is 4.79 Å². The Morgan fingerprint density at radius 3 is 2.00 bits per heavy atom. The first-order chi connectivity index (χ1) is 9.09. The first kappa shape index (κ1) is 15.2. The third kappa shape index (κ3) is 3.54. The van der Waals surface area contributed by atoms with Crippen LogP contribution in [0.2, 0.25) is 0 Å². The lowest BCUT2D eigenvalue weighted by Gasteiger charge is -2.08. The summed E-state index contributed by atoms with van der Waals surface area (Å²) in [6.07, 6.45) is 0. The van der Waals surface area contributed by atoms with Crippen LogP contribution in [0.15, 0.2) is 42.5 Å². The quantitative estimate of drug-likeness (QED) is 0.699. The van der Waals surface area contributed by atoms with Gasteiger partial charge in [-0.2, -0.15) is 0 Å². The van der Waals surface area contributed by atoms with E-state index in [0.29, 0.717) is 0 Å². The van der Waals surface area contributed by atoms with E-state index in [4.69, 9.17) is 0 Å². The van der Waals surface area contributed by atoms with Crippen molar-refractivity contribution in [3.05, 3.63) is 70.3 Å². The van der Waals surface area contributed by atoms with Crippen LogP contribution in [0, 0.1) is 20.8 Å². The lowest BCUT2D eigenvalue weighted by Crippen LogP contribution is -2.05. The maximum atomic E-state index is 12.4. The fourth-order valence-corrected chi connectivity index (χ4v) is 1.95. The summed E-state index contributed by atoms with van der Waals surface area (Å²) in [6.45, 7) is 9.96. The highest BCUT2D eigenvalue weighted by atomic mass is 16.1. The van der Waals surface area contributed by atoms with E-state index in [-0.39, 0.29) is 5.78 Å². The maximum absolute atomic E-state index is 12.4. The molecule has 2 aromatic carbocycles. The summed E-state index contributed by atoms with van der Waals surface area (Å²) in [7, 11) is 0. The summed E-state index contributed by atoms with van der Waals surface area (Å²) in [5.41, 5.74) is 4.77. The molecule has 0 amide bonds. The molecule has 0 unspecified atom stereocenters. The molecule has 0 atom stereocenters. The van der Waals surface area contributed by atoms with Crippen molar-refractivity contribution in [2.75, 3.05) is 0 Å². The van der Waals surface area contributed by atoms with Crippen LogP contribution in [-0.4, -0.2) is 5.78 Å². The predicted molar refractivity (Wildman–Crippen MR) is 81.9 cm³/mol. The van der Waals surface area contributed by atoms with Crippen molar-refractivity contribution in [3.8, 4) is 0 Å². The van der Waals surface area contributed by atoms with Crippen LogP contribution in [0.5, 0.6) is 0 Å². The molecule has 1 nitrogen and oxygen atoms in total. The zero-order chi connectivity index (χ0) is 14.4. The van der Waals surface area contributed by atoms with Gasteiger partial charge >= 0.3 is 0 Å². The summed E-state index contributed by atoms with van der Waals surface area (Å²) in [6, 6.07) is 13.7. The van der Waals surface area contributed by atoms with E-state index in [1.807, 2.05) is 77.1 Å². The number of hydrogen-bond donors (Lipinski definition) is 0. The van der Waals surface area contributed by atoms with Gasteiger partial charge in [-0.25, -0.2) is 0 Å². The maximum Gasteiger partial charge on any atom is 0.193 e. The molecule has 0 radical (unpaired) electrons. The number of carbonyl (C=O) groups excluding carboxylic acids is 1. The van der Waals surface area contributed by atoms with Crippen molar-refractivity contribution < 1.29 is 4.79 Å². The van der Waals surface area contributed by atoms with E-state index < -0.39 is 0 Å². The van der Waals surface area contributed by atoms with Crippen molar-refractivity contribution in [2.45, 2.75) is 34.6 Å². The van der Waals surface area contributed by atoms with Crippen molar-refractivity contribution in [1.29, 1.82) is 0 Å². The number of aryl methyl sites for hydroxylation is 3. The number of hydrogen-bond acceptors (Lipinski definition) is 1. The Bertz CT molecular complexity index is 568. The van der Waals surface area contributed by atoms with Gasteiger partial charge in [-0.15, -0.1) is 0 Å². The molecule has 0 spiro atoms. The van der Waals surface area contributed by atoms with Gasteiger partial charge in [0.1, 0.15) is 0 Å². The fourth-order valence-electron chi connectivity index (χ4n) is 1.95. The van der Waals surface area contributed by atoms with Gasteiger partial charge in [-0.1, -0.05) is 55.8 Å². The molecule has 1 heteroatoms. The molecule has 0 aliphatic carbocycles. The average Bonchev–Trinajstić information content (AvgIpc) is 2.43. The molecule has 0 aromatic heterocycles. The zero-order valence-electron chi connectivity index (χ0n) is 12.4. The largest absolute Gasteiger partial charge is 0.289 e. The second-order valence-electron chi connectivity index (χ2n) is 4.46. The predicted octanol–water partition coefficient (Wildman–Crippen LogP) is 4.87. The lowest BCUT2D eigenvalue weighted by atomic mass is 9.95. The second-order valence-corrected chi connectivity index (χ2v) is 4.46. The molecule has 0 fully saturated rings. The molecule has 2 aromatic rings. The van der Waals surface area contributed by atoms with Crippen LogP contribution >= 0.6 is 0 Å². The first-order valence-corrected chi connectivity index (χ1v) is 6.77. The molecular weight excluding hydrogens is 232 g/mol. The van der Waals surface area contributed by atoms with Gasteiger partial charge in [0.2, 0.25) is 0 Å². The summed E-state index contributed by atoms with van der Waals surface area (Å²) < 4.78 is 0. The third-order valence-electron chi connectivity index (χ3n) is 3.03. The summed E-state index contributed by atoms with van der Waals surface area (Å²) in [5.74, 6) is 0.115. The van der Waals surface area contributed by atoms with Crippen LogP contribution in [0.3, 0.4) is 0 Å². The highest BCUT2D eigenvalue weighted by Crippen LogP contribution is 2.18.